The van der Waals surface area contributed by atoms with E-state index in [-0.39, 0.29) is 17.0 Å². The van der Waals surface area contributed by atoms with Crippen LogP contribution in [-0.4, -0.2) is 64.1 Å². The molecule has 1 aliphatic rings. The minimum Gasteiger partial charge on any atom is -0.444 e. The van der Waals surface area contributed by atoms with Gasteiger partial charge in [0.1, 0.15) is 16.2 Å². The maximum Gasteiger partial charge on any atom is 0.410 e. The normalized spacial score (nSPS) is 15.2. The van der Waals surface area contributed by atoms with Gasteiger partial charge in [0.15, 0.2) is 0 Å². The number of rotatable bonds is 8. The van der Waals surface area contributed by atoms with Gasteiger partial charge in [-0.25, -0.2) is 28.2 Å². The zero-order chi connectivity index (χ0) is 33.9. The fourth-order valence-electron chi connectivity index (χ4n) is 5.49. The number of hydrogen-bond acceptors (Lipinski definition) is 10. The number of benzene rings is 2. The van der Waals surface area contributed by atoms with Gasteiger partial charge in [0.25, 0.3) is 10.0 Å². The number of fused-ring (bicyclic) bond motifs is 1. The Morgan fingerprint density at radius 2 is 1.79 bits per heavy atom. The van der Waals surface area contributed by atoms with Gasteiger partial charge < -0.3 is 19.7 Å². The minimum absolute atomic E-state index is 0.0470. The third-order valence-electron chi connectivity index (χ3n) is 7.71. The number of nitrogens with zero attached hydrogens (tertiary/aromatic N) is 5. The summed E-state index contributed by atoms with van der Waals surface area (Å²) in [4.78, 5) is 32.1. The van der Waals surface area contributed by atoms with Crippen LogP contribution in [0, 0.1) is 6.92 Å². The topological polar surface area (TPSA) is 149 Å². The van der Waals surface area contributed by atoms with Crippen molar-refractivity contribution in [2.75, 3.05) is 23.1 Å². The van der Waals surface area contributed by atoms with Crippen LogP contribution in [0.5, 0.6) is 11.6 Å². The molecular formula is C35H37N7O5S. The molecule has 0 aliphatic carbocycles. The molecule has 1 unspecified atom stereocenters. The van der Waals surface area contributed by atoms with Crippen molar-refractivity contribution < 1.29 is 22.7 Å². The standard InChI is InChI=1S/C35H37N7O5S/c1-23-14-15-26-27(11-5-13-30(26)41-48(44,45)25-10-6-17-36-21-25)31(23)46-32-28(12-7-18-37-32)29-16-19-38-33(40-29)39-24-9-8-20-42(22-24)34(43)47-35(2,3)4/h5-7,10-19,21,24,41H,8-9,20,22H2,1-4H3,(H,38,39,40). The Hall–Kier alpha value is -5.30. The largest absolute Gasteiger partial charge is 0.444 e. The molecule has 13 heteroatoms. The Kier molecular flexibility index (Phi) is 9.13. The van der Waals surface area contributed by atoms with Gasteiger partial charge in [-0.2, -0.15) is 0 Å². The lowest BCUT2D eigenvalue weighted by atomic mass is 10.0. The van der Waals surface area contributed by atoms with E-state index in [0.29, 0.717) is 58.4 Å². The minimum atomic E-state index is -3.87. The fourth-order valence-corrected chi connectivity index (χ4v) is 6.53. The average molecular weight is 668 g/mol. The van der Waals surface area contributed by atoms with Crippen molar-refractivity contribution in [2.24, 2.45) is 0 Å². The van der Waals surface area contributed by atoms with E-state index in [0.717, 1.165) is 18.4 Å². The molecule has 2 aromatic carbocycles. The molecule has 4 heterocycles. The third-order valence-corrected chi connectivity index (χ3v) is 9.06. The van der Waals surface area contributed by atoms with Crippen LogP contribution in [0.15, 0.2) is 90.3 Å². The predicted molar refractivity (Wildman–Crippen MR) is 184 cm³/mol. The number of sulfonamides is 1. The number of likely N-dealkylation sites (tertiary alicyclic amines) is 1. The van der Waals surface area contributed by atoms with Crippen molar-refractivity contribution in [2.45, 2.75) is 57.1 Å². The van der Waals surface area contributed by atoms with Crippen LogP contribution in [0.2, 0.25) is 0 Å². The van der Waals surface area contributed by atoms with E-state index in [4.69, 9.17) is 14.5 Å². The van der Waals surface area contributed by atoms with Gasteiger partial charge in [-0.05, 0) is 82.5 Å². The molecule has 3 aromatic heterocycles. The summed E-state index contributed by atoms with van der Waals surface area (Å²) in [5.74, 6) is 1.28. The van der Waals surface area contributed by atoms with E-state index in [1.54, 1.807) is 47.6 Å². The first-order valence-electron chi connectivity index (χ1n) is 15.6. The fraction of sp³-hybridized carbons (Fsp3) is 0.286. The number of hydrogen-bond donors (Lipinski definition) is 2. The molecular weight excluding hydrogens is 630 g/mol. The number of pyridine rings is 2. The van der Waals surface area contributed by atoms with Crippen molar-refractivity contribution >= 4 is 38.5 Å². The summed E-state index contributed by atoms with van der Waals surface area (Å²) in [6.07, 6.45) is 7.48. The van der Waals surface area contributed by atoms with Gasteiger partial charge in [0.2, 0.25) is 11.8 Å². The molecule has 2 N–H and O–H groups in total. The van der Waals surface area contributed by atoms with Gasteiger partial charge in [-0.1, -0.05) is 24.3 Å². The highest BCUT2D eigenvalue weighted by atomic mass is 32.2. The summed E-state index contributed by atoms with van der Waals surface area (Å²) in [5.41, 5.74) is 1.92. The van der Waals surface area contributed by atoms with Gasteiger partial charge in [-0.3, -0.25) is 9.71 Å². The van der Waals surface area contributed by atoms with Gasteiger partial charge in [0, 0.05) is 54.7 Å². The monoisotopic (exact) mass is 667 g/mol. The Balaban J connectivity index is 1.25. The summed E-state index contributed by atoms with van der Waals surface area (Å²) in [6, 6.07) is 17.6. The second kappa shape index (κ2) is 13.4. The highest BCUT2D eigenvalue weighted by molar-refractivity contribution is 7.92. The summed E-state index contributed by atoms with van der Waals surface area (Å²) in [7, 11) is -3.87. The van der Waals surface area contributed by atoms with Crippen LogP contribution >= 0.6 is 0 Å². The summed E-state index contributed by atoms with van der Waals surface area (Å²) in [5, 5.41) is 4.75. The first-order valence-corrected chi connectivity index (χ1v) is 17.1. The molecule has 1 atom stereocenters. The van der Waals surface area contributed by atoms with Crippen LogP contribution in [-0.2, 0) is 14.8 Å². The Morgan fingerprint density at radius 3 is 2.58 bits per heavy atom. The van der Waals surface area contributed by atoms with E-state index < -0.39 is 15.6 Å². The zero-order valence-corrected chi connectivity index (χ0v) is 28.0. The van der Waals surface area contributed by atoms with E-state index in [2.05, 4.69) is 25.0 Å². The molecule has 0 radical (unpaired) electrons. The highest BCUT2D eigenvalue weighted by Gasteiger charge is 2.28. The smallest absolute Gasteiger partial charge is 0.410 e. The number of ether oxygens (including phenoxy) is 2. The van der Waals surface area contributed by atoms with E-state index >= 15 is 0 Å². The number of amides is 1. The summed E-state index contributed by atoms with van der Waals surface area (Å²) >= 11 is 0. The van der Waals surface area contributed by atoms with Crippen molar-refractivity contribution in [3.05, 3.63) is 91.0 Å². The quantitative estimate of drug-likeness (QED) is 0.181. The first-order chi connectivity index (χ1) is 23.0. The maximum absolute atomic E-state index is 13.1. The Bertz CT molecular complexity index is 2050. The Morgan fingerprint density at radius 1 is 0.958 bits per heavy atom. The molecule has 12 nitrogen and oxygen atoms in total. The lowest BCUT2D eigenvalue weighted by molar-refractivity contribution is 0.0206. The van der Waals surface area contributed by atoms with Gasteiger partial charge in [0.05, 0.1) is 16.9 Å². The van der Waals surface area contributed by atoms with Crippen LogP contribution in [0.4, 0.5) is 16.4 Å². The molecule has 1 fully saturated rings. The second-order valence-corrected chi connectivity index (χ2v) is 14.2. The van der Waals surface area contributed by atoms with E-state index in [9.17, 15) is 13.2 Å². The molecule has 6 rings (SSSR count). The highest BCUT2D eigenvalue weighted by Crippen LogP contribution is 2.39. The molecule has 0 bridgehead atoms. The van der Waals surface area contributed by atoms with Crippen LogP contribution in [0.3, 0.4) is 0 Å². The summed E-state index contributed by atoms with van der Waals surface area (Å²) in [6.45, 7) is 8.60. The second-order valence-electron chi connectivity index (χ2n) is 12.5. The van der Waals surface area contributed by atoms with E-state index in [1.807, 2.05) is 52.0 Å². The van der Waals surface area contributed by atoms with Crippen molar-refractivity contribution in [1.82, 2.24) is 24.8 Å². The maximum atomic E-state index is 13.1. The SMILES string of the molecule is Cc1ccc2c(NS(=O)(=O)c3cccnc3)cccc2c1Oc1ncccc1-c1ccnc(NC2CCCN(C(=O)OC(C)(C)C)C2)n1. The molecule has 1 saturated heterocycles. The molecule has 248 valence electrons. The third kappa shape index (κ3) is 7.46. The summed E-state index contributed by atoms with van der Waals surface area (Å²) < 4.78 is 41.0. The van der Waals surface area contributed by atoms with Crippen LogP contribution < -0.4 is 14.8 Å². The van der Waals surface area contributed by atoms with Gasteiger partial charge in [-0.15, -0.1) is 0 Å². The van der Waals surface area contributed by atoms with Gasteiger partial charge >= 0.3 is 6.09 Å². The number of anilines is 2. The van der Waals surface area contributed by atoms with Crippen molar-refractivity contribution in [1.29, 1.82) is 0 Å². The molecule has 5 aromatic rings. The Labute approximate surface area is 279 Å². The predicted octanol–water partition coefficient (Wildman–Crippen LogP) is 6.80. The number of aryl methyl sites for hydroxylation is 1. The molecule has 0 saturated carbocycles. The number of nitrogens with one attached hydrogen (secondary N) is 2. The van der Waals surface area contributed by atoms with Crippen molar-refractivity contribution in [3.8, 4) is 22.9 Å². The number of carbonyl (C=O) groups is 1. The first kappa shape index (κ1) is 32.6. The lowest BCUT2D eigenvalue weighted by Gasteiger charge is -2.34. The molecule has 48 heavy (non-hydrogen) atoms. The van der Waals surface area contributed by atoms with E-state index in [1.165, 1.54) is 18.5 Å². The average Bonchev–Trinajstić information content (AvgIpc) is 3.06. The zero-order valence-electron chi connectivity index (χ0n) is 27.2. The lowest BCUT2D eigenvalue weighted by Crippen LogP contribution is -2.47. The van der Waals surface area contributed by atoms with Crippen LogP contribution in [0.25, 0.3) is 22.0 Å². The number of carbonyl (C=O) groups excluding carboxylic acids is 1. The number of piperidine rings is 1. The van der Waals surface area contributed by atoms with Crippen LogP contribution in [0.1, 0.15) is 39.2 Å². The van der Waals surface area contributed by atoms with Crippen molar-refractivity contribution in [3.63, 3.8) is 0 Å². The molecule has 1 aliphatic heterocycles. The molecule has 1 amide bonds. The molecule has 0 spiro atoms. The number of aromatic nitrogens is 4.